The molecule has 0 spiro atoms. The Bertz CT molecular complexity index is 1840. The van der Waals surface area contributed by atoms with Crippen molar-refractivity contribution in [3.05, 3.63) is 82.1 Å². The number of ether oxygens (including phenoxy) is 1. The van der Waals surface area contributed by atoms with Crippen LogP contribution >= 0.6 is 22.7 Å². The first-order chi connectivity index (χ1) is 18.5. The van der Waals surface area contributed by atoms with E-state index in [0.717, 1.165) is 48.1 Å². The number of nitrogens with two attached hydrogens (primary N) is 1. The fourth-order valence-corrected chi connectivity index (χ4v) is 6.69. The minimum atomic E-state index is -0.218. The summed E-state index contributed by atoms with van der Waals surface area (Å²) >= 11 is 3.10. The molecule has 1 amide bonds. The van der Waals surface area contributed by atoms with E-state index in [-0.39, 0.29) is 42.1 Å². The van der Waals surface area contributed by atoms with E-state index in [1.807, 2.05) is 71.6 Å². The summed E-state index contributed by atoms with van der Waals surface area (Å²) < 4.78 is 8.56. The van der Waals surface area contributed by atoms with Gasteiger partial charge in [-0.3, -0.25) is 4.79 Å². The standard InChI is InChI=1S/C29H24N4O3S2.Na/c1-33-22-6-4-3-5-17(22)11-23(33)29(35)32-21-8-7-16(12-24(21)36-2)20-15-38-27-19(13-31-28(30)26(20)27)18-9-10-37-25(18)14-34;/h3-13,15,34H,14H2,1-2H3,(H2,30,31)(H,32,35);. The number of hydrogen-bond acceptors (Lipinski definition) is 7. The van der Waals surface area contributed by atoms with Crippen molar-refractivity contribution in [2.75, 3.05) is 18.2 Å². The van der Waals surface area contributed by atoms with Crippen LogP contribution in [0.25, 0.3) is 43.2 Å². The maximum Gasteiger partial charge on any atom is 0.272 e. The second kappa shape index (κ2) is 11.1. The van der Waals surface area contributed by atoms with Crippen molar-refractivity contribution in [1.82, 2.24) is 9.55 Å². The number of benzene rings is 2. The Morgan fingerprint density at radius 3 is 2.69 bits per heavy atom. The number of rotatable bonds is 6. The molecule has 0 bridgehead atoms. The summed E-state index contributed by atoms with van der Waals surface area (Å²) in [6.07, 6.45) is 1.77. The smallest absolute Gasteiger partial charge is 0.272 e. The number of carbonyl (C=O) groups is 1. The SMILES string of the molecule is COc1cc(-c2csc3c(-c4ccsc4CO)cnc(N)c23)ccc1NC(=O)c1cc2ccccc2n1C.[Na]. The molecule has 10 heteroatoms. The number of aliphatic hydroxyl groups is 1. The summed E-state index contributed by atoms with van der Waals surface area (Å²) in [5.74, 6) is 0.759. The van der Waals surface area contributed by atoms with E-state index in [2.05, 4.69) is 15.7 Å². The van der Waals surface area contributed by atoms with Gasteiger partial charge in [0.2, 0.25) is 0 Å². The molecule has 4 aromatic heterocycles. The van der Waals surface area contributed by atoms with E-state index in [1.54, 1.807) is 24.6 Å². The first-order valence-electron chi connectivity index (χ1n) is 11.9. The van der Waals surface area contributed by atoms with Gasteiger partial charge in [-0.25, -0.2) is 4.98 Å². The van der Waals surface area contributed by atoms with Crippen LogP contribution in [-0.2, 0) is 13.7 Å². The van der Waals surface area contributed by atoms with E-state index in [0.29, 0.717) is 22.9 Å². The fraction of sp³-hybridized carbons (Fsp3) is 0.103. The van der Waals surface area contributed by atoms with E-state index in [4.69, 9.17) is 10.5 Å². The zero-order chi connectivity index (χ0) is 26.4. The first kappa shape index (κ1) is 27.4. The average Bonchev–Trinajstić information content (AvgIpc) is 3.67. The van der Waals surface area contributed by atoms with Crippen LogP contribution in [0.3, 0.4) is 0 Å². The number of carbonyl (C=O) groups excluding carboxylic acids is 1. The maximum atomic E-state index is 13.2. The molecule has 39 heavy (non-hydrogen) atoms. The van der Waals surface area contributed by atoms with Crippen LogP contribution in [0.15, 0.2) is 71.6 Å². The Hall–Kier alpha value is -3.18. The van der Waals surface area contributed by atoms with Gasteiger partial charge in [-0.1, -0.05) is 24.3 Å². The Morgan fingerprint density at radius 1 is 1.10 bits per heavy atom. The van der Waals surface area contributed by atoms with Gasteiger partial charge in [0.1, 0.15) is 17.3 Å². The molecule has 0 aliphatic rings. The fourth-order valence-electron chi connectivity index (χ4n) is 4.83. The van der Waals surface area contributed by atoms with Crippen LogP contribution in [0.4, 0.5) is 11.5 Å². The van der Waals surface area contributed by atoms with Gasteiger partial charge in [-0.15, -0.1) is 22.7 Å². The molecule has 0 aliphatic heterocycles. The number of aryl methyl sites for hydroxylation is 1. The van der Waals surface area contributed by atoms with Crippen LogP contribution in [0.1, 0.15) is 15.4 Å². The van der Waals surface area contributed by atoms with Gasteiger partial charge >= 0.3 is 0 Å². The van der Waals surface area contributed by atoms with Crippen molar-refractivity contribution in [3.63, 3.8) is 0 Å². The zero-order valence-corrected chi connectivity index (χ0v) is 25.3. The minimum absolute atomic E-state index is 0. The van der Waals surface area contributed by atoms with Gasteiger partial charge in [0.25, 0.3) is 5.91 Å². The van der Waals surface area contributed by atoms with E-state index < -0.39 is 0 Å². The molecule has 6 aromatic rings. The molecule has 0 saturated carbocycles. The molecule has 0 unspecified atom stereocenters. The third-order valence-corrected chi connectivity index (χ3v) is 8.67. The van der Waals surface area contributed by atoms with E-state index in [1.165, 1.54) is 11.3 Å². The number of amides is 1. The molecule has 1 radical (unpaired) electrons. The van der Waals surface area contributed by atoms with Gasteiger partial charge in [-0.2, -0.15) is 0 Å². The second-order valence-electron chi connectivity index (χ2n) is 8.84. The second-order valence-corrected chi connectivity index (χ2v) is 10.7. The first-order valence-corrected chi connectivity index (χ1v) is 13.6. The monoisotopic (exact) mass is 563 g/mol. The van der Waals surface area contributed by atoms with Crippen molar-refractivity contribution < 1.29 is 14.6 Å². The molecule has 0 saturated heterocycles. The summed E-state index contributed by atoms with van der Waals surface area (Å²) in [5, 5.41) is 18.7. The van der Waals surface area contributed by atoms with E-state index >= 15 is 0 Å². The Morgan fingerprint density at radius 2 is 1.92 bits per heavy atom. The van der Waals surface area contributed by atoms with Crippen LogP contribution in [-0.4, -0.2) is 57.2 Å². The normalized spacial score (nSPS) is 11.1. The van der Waals surface area contributed by atoms with Crippen LogP contribution in [0.5, 0.6) is 5.75 Å². The van der Waals surface area contributed by atoms with Gasteiger partial charge in [0.15, 0.2) is 0 Å². The predicted molar refractivity (Wildman–Crippen MR) is 162 cm³/mol. The van der Waals surface area contributed by atoms with Crippen molar-refractivity contribution >= 4 is 90.6 Å². The molecule has 4 N–H and O–H groups in total. The summed E-state index contributed by atoms with van der Waals surface area (Å²) in [7, 11) is 3.46. The maximum absolute atomic E-state index is 13.2. The summed E-state index contributed by atoms with van der Waals surface area (Å²) in [6, 6.07) is 17.4. The number of anilines is 2. The molecule has 4 heterocycles. The summed E-state index contributed by atoms with van der Waals surface area (Å²) in [6.45, 7) is -0.0275. The number of nitrogen functional groups attached to an aromatic ring is 1. The molecule has 0 atom stereocenters. The number of hydrogen-bond donors (Lipinski definition) is 3. The van der Waals surface area contributed by atoms with Gasteiger partial charge in [0.05, 0.1) is 19.4 Å². The number of nitrogens with one attached hydrogen (secondary N) is 1. The number of para-hydroxylation sites is 1. The Balaban J connectivity index is 0.00000308. The summed E-state index contributed by atoms with van der Waals surface area (Å²) in [4.78, 5) is 18.5. The number of aliphatic hydroxyl groups excluding tert-OH is 1. The average molecular weight is 564 g/mol. The van der Waals surface area contributed by atoms with Crippen molar-refractivity contribution in [2.24, 2.45) is 7.05 Å². The predicted octanol–water partition coefficient (Wildman–Crippen LogP) is 6.14. The van der Waals surface area contributed by atoms with E-state index in [9.17, 15) is 9.90 Å². The molecule has 0 aliphatic carbocycles. The van der Waals surface area contributed by atoms with Crippen LogP contribution < -0.4 is 15.8 Å². The molecular weight excluding hydrogens is 539 g/mol. The van der Waals surface area contributed by atoms with Gasteiger partial charge < -0.3 is 25.5 Å². The largest absolute Gasteiger partial charge is 0.495 e. The molecule has 191 valence electrons. The van der Waals surface area contributed by atoms with Gasteiger partial charge in [-0.05, 0) is 46.7 Å². The number of thiophene rings is 2. The number of nitrogens with zero attached hydrogens (tertiary/aromatic N) is 2. The molecular formula is C29H24N4NaO3S2. The quantitative estimate of drug-likeness (QED) is 0.211. The molecule has 2 aromatic carbocycles. The molecule has 0 fully saturated rings. The zero-order valence-electron chi connectivity index (χ0n) is 21.7. The van der Waals surface area contributed by atoms with Crippen LogP contribution in [0.2, 0.25) is 0 Å². The number of aromatic nitrogens is 2. The minimum Gasteiger partial charge on any atom is -0.495 e. The van der Waals surface area contributed by atoms with Crippen LogP contribution in [0, 0.1) is 0 Å². The van der Waals surface area contributed by atoms with Crippen molar-refractivity contribution in [1.29, 1.82) is 0 Å². The topological polar surface area (TPSA) is 102 Å². The Labute approximate surface area is 255 Å². The van der Waals surface area contributed by atoms with Crippen molar-refractivity contribution in [3.8, 4) is 28.0 Å². The molecule has 7 nitrogen and oxygen atoms in total. The third kappa shape index (κ3) is 4.75. The third-order valence-electron chi connectivity index (χ3n) is 6.75. The molecule has 6 rings (SSSR count). The Kier molecular flexibility index (Phi) is 7.82. The number of pyridine rings is 1. The summed E-state index contributed by atoms with van der Waals surface area (Å²) in [5.41, 5.74) is 12.2. The van der Waals surface area contributed by atoms with Gasteiger partial charge in [0, 0.05) is 85.4 Å². The van der Waals surface area contributed by atoms with Crippen molar-refractivity contribution in [2.45, 2.75) is 6.61 Å². The number of methoxy groups -OCH3 is 1. The number of fused-ring (bicyclic) bond motifs is 2.